The molecule has 1 amide bonds. The first-order chi connectivity index (χ1) is 9.52. The van der Waals surface area contributed by atoms with Crippen LogP contribution in [0.2, 0.25) is 0 Å². The SMILES string of the molecule is CCS(=O)CCNC(=O)c1ccc(/C=C/C(=O)O)cc1. The van der Waals surface area contributed by atoms with E-state index >= 15 is 0 Å². The predicted molar refractivity (Wildman–Crippen MR) is 79.0 cm³/mol. The third kappa shape index (κ3) is 5.79. The molecule has 0 radical (unpaired) electrons. The zero-order chi connectivity index (χ0) is 15.0. The number of carboxylic acids is 1. The number of carbonyl (C=O) groups excluding carboxylic acids is 1. The van der Waals surface area contributed by atoms with Crippen molar-refractivity contribution in [1.82, 2.24) is 5.32 Å². The first-order valence-corrected chi connectivity index (χ1v) is 7.66. The maximum atomic E-state index is 11.8. The molecule has 6 heteroatoms. The Kier molecular flexibility index (Phi) is 6.66. The van der Waals surface area contributed by atoms with Crippen LogP contribution in [-0.2, 0) is 15.6 Å². The Morgan fingerprint density at radius 3 is 2.50 bits per heavy atom. The summed E-state index contributed by atoms with van der Waals surface area (Å²) in [6.07, 6.45) is 2.49. The number of aliphatic carboxylic acids is 1. The molecule has 5 nitrogen and oxygen atoms in total. The highest BCUT2D eigenvalue weighted by molar-refractivity contribution is 7.84. The summed E-state index contributed by atoms with van der Waals surface area (Å²) in [5.74, 6) is -0.218. The van der Waals surface area contributed by atoms with Gasteiger partial charge in [0, 0.05) is 40.5 Å². The molecular weight excluding hydrogens is 278 g/mol. The molecule has 0 fully saturated rings. The van der Waals surface area contributed by atoms with E-state index in [2.05, 4.69) is 5.32 Å². The largest absolute Gasteiger partial charge is 0.478 e. The minimum Gasteiger partial charge on any atom is -0.478 e. The van der Waals surface area contributed by atoms with Crippen molar-refractivity contribution in [2.24, 2.45) is 0 Å². The summed E-state index contributed by atoms with van der Waals surface area (Å²) >= 11 is 0. The van der Waals surface area contributed by atoms with E-state index in [0.717, 1.165) is 6.08 Å². The lowest BCUT2D eigenvalue weighted by atomic mass is 10.1. The van der Waals surface area contributed by atoms with Gasteiger partial charge in [-0.25, -0.2) is 4.79 Å². The molecule has 0 aromatic heterocycles. The molecule has 0 saturated carbocycles. The van der Waals surface area contributed by atoms with E-state index in [1.54, 1.807) is 24.3 Å². The predicted octanol–water partition coefficient (Wildman–Crippen LogP) is 1.28. The second-order valence-corrected chi connectivity index (χ2v) is 5.85. The maximum Gasteiger partial charge on any atom is 0.328 e. The van der Waals surface area contributed by atoms with Crippen molar-refractivity contribution in [3.8, 4) is 0 Å². The second kappa shape index (κ2) is 8.27. The Hall–Kier alpha value is -1.95. The lowest BCUT2D eigenvalue weighted by Crippen LogP contribution is -2.27. The van der Waals surface area contributed by atoms with E-state index in [1.165, 1.54) is 6.08 Å². The van der Waals surface area contributed by atoms with E-state index < -0.39 is 16.8 Å². The molecule has 1 aromatic rings. The van der Waals surface area contributed by atoms with Crippen molar-refractivity contribution < 1.29 is 18.9 Å². The van der Waals surface area contributed by atoms with Gasteiger partial charge in [-0.1, -0.05) is 19.1 Å². The fourth-order valence-electron chi connectivity index (χ4n) is 1.44. The van der Waals surface area contributed by atoms with E-state index in [-0.39, 0.29) is 5.91 Å². The first-order valence-electron chi connectivity index (χ1n) is 6.17. The van der Waals surface area contributed by atoms with Crippen LogP contribution in [-0.4, -0.2) is 39.2 Å². The monoisotopic (exact) mass is 295 g/mol. The topological polar surface area (TPSA) is 83.5 Å². The molecule has 0 aliphatic carbocycles. The summed E-state index contributed by atoms with van der Waals surface area (Å²) in [6, 6.07) is 6.57. The van der Waals surface area contributed by atoms with E-state index in [1.807, 2.05) is 6.92 Å². The molecule has 0 aliphatic rings. The van der Waals surface area contributed by atoms with Gasteiger partial charge in [0.2, 0.25) is 0 Å². The number of hydrogen-bond donors (Lipinski definition) is 2. The maximum absolute atomic E-state index is 11.8. The van der Waals surface area contributed by atoms with E-state index in [0.29, 0.717) is 29.2 Å². The van der Waals surface area contributed by atoms with Crippen LogP contribution in [0.5, 0.6) is 0 Å². The molecule has 0 spiro atoms. The Balaban J connectivity index is 2.53. The third-order valence-electron chi connectivity index (χ3n) is 2.53. The van der Waals surface area contributed by atoms with Crippen LogP contribution in [0.4, 0.5) is 0 Å². The van der Waals surface area contributed by atoms with Crippen LogP contribution in [0.3, 0.4) is 0 Å². The Morgan fingerprint density at radius 1 is 1.30 bits per heavy atom. The number of benzene rings is 1. The van der Waals surface area contributed by atoms with Gasteiger partial charge in [0.25, 0.3) is 5.91 Å². The highest BCUT2D eigenvalue weighted by Crippen LogP contribution is 2.06. The van der Waals surface area contributed by atoms with Gasteiger partial charge in [-0.3, -0.25) is 9.00 Å². The Morgan fingerprint density at radius 2 is 1.95 bits per heavy atom. The zero-order valence-electron chi connectivity index (χ0n) is 11.2. The molecule has 0 saturated heterocycles. The summed E-state index contributed by atoms with van der Waals surface area (Å²) in [5.41, 5.74) is 1.19. The molecular formula is C14H17NO4S. The van der Waals surface area contributed by atoms with Gasteiger partial charge in [0.1, 0.15) is 0 Å². The molecule has 1 atom stereocenters. The first kappa shape index (κ1) is 16.1. The summed E-state index contributed by atoms with van der Waals surface area (Å²) in [5, 5.41) is 11.2. The molecule has 0 heterocycles. The standard InChI is InChI=1S/C14H17NO4S/c1-2-20(19)10-9-15-14(18)12-6-3-11(4-7-12)5-8-13(16)17/h3-8H,2,9-10H2,1H3,(H,15,18)(H,16,17)/b8-5+. The fourth-order valence-corrected chi connectivity index (χ4v) is 2.06. The molecule has 20 heavy (non-hydrogen) atoms. The summed E-state index contributed by atoms with van der Waals surface area (Å²) < 4.78 is 11.2. The van der Waals surface area contributed by atoms with Crippen LogP contribution < -0.4 is 5.32 Å². The van der Waals surface area contributed by atoms with Crippen molar-refractivity contribution >= 4 is 28.8 Å². The van der Waals surface area contributed by atoms with Crippen molar-refractivity contribution in [1.29, 1.82) is 0 Å². The zero-order valence-corrected chi connectivity index (χ0v) is 12.0. The quantitative estimate of drug-likeness (QED) is 0.742. The average Bonchev–Trinajstić information content (AvgIpc) is 2.45. The van der Waals surface area contributed by atoms with Crippen molar-refractivity contribution in [2.75, 3.05) is 18.1 Å². The van der Waals surface area contributed by atoms with Crippen molar-refractivity contribution in [3.05, 3.63) is 41.5 Å². The molecule has 1 rings (SSSR count). The smallest absolute Gasteiger partial charge is 0.328 e. The number of nitrogens with one attached hydrogen (secondary N) is 1. The Bertz CT molecular complexity index is 522. The number of carbonyl (C=O) groups is 2. The number of hydrogen-bond acceptors (Lipinski definition) is 3. The van der Waals surface area contributed by atoms with Gasteiger partial charge in [-0.05, 0) is 23.8 Å². The highest BCUT2D eigenvalue weighted by atomic mass is 32.2. The molecule has 0 aliphatic heterocycles. The Labute approximate surface area is 120 Å². The van der Waals surface area contributed by atoms with Crippen molar-refractivity contribution in [3.63, 3.8) is 0 Å². The van der Waals surface area contributed by atoms with Gasteiger partial charge in [0.05, 0.1) is 0 Å². The van der Waals surface area contributed by atoms with Gasteiger partial charge in [-0.15, -0.1) is 0 Å². The lowest BCUT2D eigenvalue weighted by Gasteiger charge is -2.05. The number of carboxylic acid groups (broad SMARTS) is 1. The minimum absolute atomic E-state index is 0.230. The average molecular weight is 295 g/mol. The van der Waals surface area contributed by atoms with E-state index in [9.17, 15) is 13.8 Å². The summed E-state index contributed by atoms with van der Waals surface area (Å²) in [6.45, 7) is 2.21. The molecule has 108 valence electrons. The van der Waals surface area contributed by atoms with Crippen LogP contribution >= 0.6 is 0 Å². The van der Waals surface area contributed by atoms with Crippen LogP contribution in [0, 0.1) is 0 Å². The molecule has 2 N–H and O–H groups in total. The molecule has 0 bridgehead atoms. The number of amides is 1. The number of rotatable bonds is 7. The van der Waals surface area contributed by atoms with Crippen LogP contribution in [0.1, 0.15) is 22.8 Å². The molecule has 1 unspecified atom stereocenters. The van der Waals surface area contributed by atoms with E-state index in [4.69, 9.17) is 5.11 Å². The second-order valence-electron chi connectivity index (χ2n) is 3.98. The minimum atomic E-state index is -1.02. The van der Waals surface area contributed by atoms with Crippen molar-refractivity contribution in [2.45, 2.75) is 6.92 Å². The fraction of sp³-hybridized carbons (Fsp3) is 0.286. The normalized spacial score (nSPS) is 12.2. The van der Waals surface area contributed by atoms with Gasteiger partial charge < -0.3 is 10.4 Å². The molecule has 1 aromatic carbocycles. The third-order valence-corrected chi connectivity index (χ3v) is 3.83. The van der Waals surface area contributed by atoms with Crippen LogP contribution in [0.15, 0.2) is 30.3 Å². The highest BCUT2D eigenvalue weighted by Gasteiger charge is 2.05. The van der Waals surface area contributed by atoms with Crippen LogP contribution in [0.25, 0.3) is 6.08 Å². The van der Waals surface area contributed by atoms with Gasteiger partial charge >= 0.3 is 5.97 Å². The lowest BCUT2D eigenvalue weighted by molar-refractivity contribution is -0.131. The summed E-state index contributed by atoms with van der Waals surface area (Å²) in [7, 11) is -0.890. The summed E-state index contributed by atoms with van der Waals surface area (Å²) in [4.78, 5) is 22.1. The van der Waals surface area contributed by atoms with Gasteiger partial charge in [0.15, 0.2) is 0 Å². The van der Waals surface area contributed by atoms with Gasteiger partial charge in [-0.2, -0.15) is 0 Å².